The van der Waals surface area contributed by atoms with Crippen molar-refractivity contribution in [3.8, 4) is 0 Å². The van der Waals surface area contributed by atoms with Gasteiger partial charge in [0.05, 0.1) is 35.3 Å². The van der Waals surface area contributed by atoms with Crippen LogP contribution in [0.3, 0.4) is 0 Å². The van der Waals surface area contributed by atoms with E-state index in [0.29, 0.717) is 0 Å². The first-order chi connectivity index (χ1) is 17.0. The number of nitro groups is 2. The molecule has 15 heteroatoms. The number of rotatable bonds is 12. The quantitative estimate of drug-likeness (QED) is 0.115. The third kappa shape index (κ3) is 7.34. The van der Waals surface area contributed by atoms with Crippen molar-refractivity contribution in [1.82, 2.24) is 10.6 Å². The number of nitro benzene ring substituents is 2. The van der Waals surface area contributed by atoms with Crippen molar-refractivity contribution in [3.05, 3.63) is 78.9 Å². The van der Waals surface area contributed by atoms with Gasteiger partial charge < -0.3 is 31.1 Å². The SMILES string of the molecule is O=C(NCC(O)CO)c1cc(C(=O)c2cc(C(=O)NCC(O)CO)cc([N+](=O)[O-])c2)cc([N+](=O)[O-])c1. The predicted molar refractivity (Wildman–Crippen MR) is 120 cm³/mol. The van der Waals surface area contributed by atoms with Gasteiger partial charge in [-0.2, -0.15) is 0 Å². The van der Waals surface area contributed by atoms with Gasteiger partial charge in [0.25, 0.3) is 23.2 Å². The van der Waals surface area contributed by atoms with Crippen LogP contribution in [0.2, 0.25) is 0 Å². The molecule has 0 aliphatic rings. The Kier molecular flexibility index (Phi) is 9.63. The van der Waals surface area contributed by atoms with Gasteiger partial charge in [0.15, 0.2) is 5.78 Å². The predicted octanol–water partition coefficient (Wildman–Crippen LogP) is -1.10. The molecule has 0 saturated heterocycles. The van der Waals surface area contributed by atoms with Crippen molar-refractivity contribution < 1.29 is 44.7 Å². The van der Waals surface area contributed by atoms with Crippen LogP contribution in [0, 0.1) is 20.2 Å². The van der Waals surface area contributed by atoms with Crippen LogP contribution in [0.1, 0.15) is 36.6 Å². The minimum Gasteiger partial charge on any atom is -0.394 e. The molecule has 36 heavy (non-hydrogen) atoms. The lowest BCUT2D eigenvalue weighted by molar-refractivity contribution is -0.385. The summed E-state index contributed by atoms with van der Waals surface area (Å²) in [5, 5.41) is 63.6. The van der Waals surface area contributed by atoms with Crippen LogP contribution in [0.4, 0.5) is 11.4 Å². The number of ketones is 1. The van der Waals surface area contributed by atoms with Gasteiger partial charge in [-0.05, 0) is 12.1 Å². The average Bonchev–Trinajstić information content (AvgIpc) is 2.88. The number of nitrogens with one attached hydrogen (secondary N) is 2. The number of aliphatic hydroxyl groups is 4. The Hall–Kier alpha value is -4.31. The van der Waals surface area contributed by atoms with E-state index in [4.69, 9.17) is 10.2 Å². The van der Waals surface area contributed by atoms with Gasteiger partial charge >= 0.3 is 0 Å². The van der Waals surface area contributed by atoms with E-state index in [-0.39, 0.29) is 35.3 Å². The molecule has 2 aromatic rings. The van der Waals surface area contributed by atoms with Crippen LogP contribution in [0.5, 0.6) is 0 Å². The molecular weight excluding hydrogens is 484 g/mol. The van der Waals surface area contributed by atoms with Crippen LogP contribution in [0.15, 0.2) is 36.4 Å². The molecular formula is C21H22N4O11. The normalized spacial score (nSPS) is 12.3. The van der Waals surface area contributed by atoms with Crippen LogP contribution in [-0.2, 0) is 0 Å². The highest BCUT2D eigenvalue weighted by Gasteiger charge is 2.23. The molecule has 2 aromatic carbocycles. The summed E-state index contributed by atoms with van der Waals surface area (Å²) in [7, 11) is 0. The molecule has 0 radical (unpaired) electrons. The number of amides is 2. The molecule has 0 spiro atoms. The molecule has 192 valence electrons. The molecule has 2 rings (SSSR count). The Morgan fingerprint density at radius 1 is 0.694 bits per heavy atom. The molecule has 0 bridgehead atoms. The summed E-state index contributed by atoms with van der Waals surface area (Å²) in [5.41, 5.74) is -2.73. The molecule has 2 amide bonds. The Labute approximate surface area is 202 Å². The summed E-state index contributed by atoms with van der Waals surface area (Å²) in [4.78, 5) is 58.8. The number of aliphatic hydroxyl groups excluding tert-OH is 4. The fraction of sp³-hybridized carbons (Fsp3) is 0.286. The lowest BCUT2D eigenvalue weighted by Gasteiger charge is -2.11. The number of non-ortho nitro benzene ring substituents is 2. The summed E-state index contributed by atoms with van der Waals surface area (Å²) >= 11 is 0. The largest absolute Gasteiger partial charge is 0.394 e. The number of carbonyl (C=O) groups is 3. The van der Waals surface area contributed by atoms with E-state index in [2.05, 4.69) is 10.6 Å². The fourth-order valence-corrected chi connectivity index (χ4v) is 2.88. The second-order valence-corrected chi connectivity index (χ2v) is 7.47. The van der Waals surface area contributed by atoms with E-state index in [9.17, 15) is 44.8 Å². The standard InChI is InChI=1S/C21H22N4O11/c26-9-17(28)7-22-20(31)13-1-11(3-15(5-13)24(33)34)19(30)12-2-14(6-16(4-12)25(35)36)21(32)23-8-18(29)10-27/h1-6,17-18,26-29H,7-10H2,(H,22,31)(H,23,32). The second kappa shape index (κ2) is 12.4. The summed E-state index contributed by atoms with van der Waals surface area (Å²) in [6.07, 6.45) is -2.58. The number of benzene rings is 2. The molecule has 2 atom stereocenters. The summed E-state index contributed by atoms with van der Waals surface area (Å²) < 4.78 is 0. The first-order valence-corrected chi connectivity index (χ1v) is 10.2. The third-order valence-electron chi connectivity index (χ3n) is 4.72. The second-order valence-electron chi connectivity index (χ2n) is 7.47. The third-order valence-corrected chi connectivity index (χ3v) is 4.72. The van der Waals surface area contributed by atoms with Gasteiger partial charge in [-0.15, -0.1) is 0 Å². The molecule has 0 aromatic heterocycles. The van der Waals surface area contributed by atoms with Crippen molar-refractivity contribution in [2.24, 2.45) is 0 Å². The minimum atomic E-state index is -1.29. The number of hydrogen-bond acceptors (Lipinski definition) is 11. The van der Waals surface area contributed by atoms with Gasteiger partial charge in [-0.3, -0.25) is 34.6 Å². The van der Waals surface area contributed by atoms with Gasteiger partial charge in [0.1, 0.15) is 0 Å². The van der Waals surface area contributed by atoms with Gasteiger partial charge in [0.2, 0.25) is 0 Å². The summed E-state index contributed by atoms with van der Waals surface area (Å²) in [5.74, 6) is -2.78. The van der Waals surface area contributed by atoms with E-state index >= 15 is 0 Å². The van der Waals surface area contributed by atoms with E-state index in [1.807, 2.05) is 0 Å². The highest BCUT2D eigenvalue weighted by Crippen LogP contribution is 2.24. The maximum absolute atomic E-state index is 13.1. The first-order valence-electron chi connectivity index (χ1n) is 10.2. The number of hydrogen-bond donors (Lipinski definition) is 6. The van der Waals surface area contributed by atoms with Crippen molar-refractivity contribution in [2.45, 2.75) is 12.2 Å². The van der Waals surface area contributed by atoms with Crippen LogP contribution in [-0.4, -0.2) is 86.4 Å². The molecule has 15 nitrogen and oxygen atoms in total. The number of carbonyl (C=O) groups excluding carboxylic acids is 3. The Balaban J connectivity index is 2.48. The molecule has 0 saturated carbocycles. The molecule has 0 aliphatic carbocycles. The van der Waals surface area contributed by atoms with Crippen molar-refractivity contribution >= 4 is 29.0 Å². The van der Waals surface area contributed by atoms with Crippen LogP contribution < -0.4 is 10.6 Å². The Bertz CT molecular complexity index is 1090. The molecule has 0 heterocycles. The fourth-order valence-electron chi connectivity index (χ4n) is 2.88. The monoisotopic (exact) mass is 506 g/mol. The zero-order valence-electron chi connectivity index (χ0n) is 18.5. The van der Waals surface area contributed by atoms with Crippen molar-refractivity contribution in [2.75, 3.05) is 26.3 Å². The average molecular weight is 506 g/mol. The van der Waals surface area contributed by atoms with Crippen molar-refractivity contribution in [3.63, 3.8) is 0 Å². The minimum absolute atomic E-state index is 0.334. The summed E-state index contributed by atoms with van der Waals surface area (Å²) in [6, 6.07) is 5.42. The Morgan fingerprint density at radius 2 is 1.03 bits per heavy atom. The van der Waals surface area contributed by atoms with Crippen LogP contribution in [0.25, 0.3) is 0 Å². The van der Waals surface area contributed by atoms with Gasteiger partial charge in [0, 0.05) is 59.6 Å². The Morgan fingerprint density at radius 3 is 1.33 bits per heavy atom. The molecule has 0 fully saturated rings. The first kappa shape index (κ1) is 27.9. The smallest absolute Gasteiger partial charge is 0.270 e. The molecule has 0 aliphatic heterocycles. The maximum Gasteiger partial charge on any atom is 0.270 e. The van der Waals surface area contributed by atoms with E-state index in [1.165, 1.54) is 0 Å². The lowest BCUT2D eigenvalue weighted by atomic mass is 9.98. The number of nitrogens with zero attached hydrogens (tertiary/aromatic N) is 2. The van der Waals surface area contributed by atoms with Crippen LogP contribution >= 0.6 is 0 Å². The van der Waals surface area contributed by atoms with Gasteiger partial charge in [-0.25, -0.2) is 0 Å². The van der Waals surface area contributed by atoms with E-state index in [0.717, 1.165) is 36.4 Å². The van der Waals surface area contributed by atoms with Crippen molar-refractivity contribution in [1.29, 1.82) is 0 Å². The van der Waals surface area contributed by atoms with Gasteiger partial charge in [-0.1, -0.05) is 0 Å². The maximum atomic E-state index is 13.1. The zero-order chi connectivity index (χ0) is 27.0. The summed E-state index contributed by atoms with van der Waals surface area (Å²) in [6.45, 7) is -2.06. The zero-order valence-corrected chi connectivity index (χ0v) is 18.5. The van der Waals surface area contributed by atoms with E-state index in [1.54, 1.807) is 0 Å². The lowest BCUT2D eigenvalue weighted by Crippen LogP contribution is -2.34. The highest BCUT2D eigenvalue weighted by atomic mass is 16.6. The molecule has 6 N–H and O–H groups in total. The van der Waals surface area contributed by atoms with E-state index < -0.39 is 64.2 Å². The highest BCUT2D eigenvalue weighted by molar-refractivity contribution is 6.12. The molecule has 2 unspecified atom stereocenters. The topological polar surface area (TPSA) is 242 Å².